The number of hydrogen-bond acceptors (Lipinski definition) is 3. The standard InChI is InChI=1S/C13H19NO2/c1-10(9-15)14(3)11(2)13(16)12-7-5-4-6-8-12/h4-8,10-11,15H,9H2,1-3H3. The fraction of sp³-hybridized carbons (Fsp3) is 0.462. The summed E-state index contributed by atoms with van der Waals surface area (Å²) in [6.45, 7) is 3.82. The van der Waals surface area contributed by atoms with E-state index in [-0.39, 0.29) is 24.5 Å². The average molecular weight is 221 g/mol. The van der Waals surface area contributed by atoms with E-state index < -0.39 is 0 Å². The normalized spacial score (nSPS) is 14.8. The van der Waals surface area contributed by atoms with Gasteiger partial charge in [-0.1, -0.05) is 30.3 Å². The first kappa shape index (κ1) is 12.9. The molecule has 1 aromatic rings. The molecule has 0 heterocycles. The first-order valence-electron chi connectivity index (χ1n) is 5.50. The lowest BCUT2D eigenvalue weighted by Crippen LogP contribution is -2.43. The van der Waals surface area contributed by atoms with Crippen LogP contribution in [-0.2, 0) is 0 Å². The van der Waals surface area contributed by atoms with Crippen LogP contribution in [0.25, 0.3) is 0 Å². The molecular formula is C13H19NO2. The lowest BCUT2D eigenvalue weighted by atomic mass is 10.0. The maximum atomic E-state index is 12.1. The second kappa shape index (κ2) is 5.77. The third kappa shape index (κ3) is 2.90. The molecule has 2 unspecified atom stereocenters. The van der Waals surface area contributed by atoms with E-state index in [9.17, 15) is 4.79 Å². The predicted molar refractivity (Wildman–Crippen MR) is 64.5 cm³/mol. The Morgan fingerprint density at radius 1 is 1.31 bits per heavy atom. The number of Topliss-reactive ketones (excluding diaryl/α,β-unsaturated/α-hetero) is 1. The summed E-state index contributed by atoms with van der Waals surface area (Å²) >= 11 is 0. The number of nitrogens with zero attached hydrogens (tertiary/aromatic N) is 1. The Balaban J connectivity index is 2.75. The Kier molecular flexibility index (Phi) is 4.65. The molecule has 3 nitrogen and oxygen atoms in total. The molecule has 0 radical (unpaired) electrons. The predicted octanol–water partition coefficient (Wildman–Crippen LogP) is 1.57. The quantitative estimate of drug-likeness (QED) is 0.767. The molecule has 0 saturated carbocycles. The van der Waals surface area contributed by atoms with E-state index in [1.54, 1.807) is 0 Å². The van der Waals surface area contributed by atoms with Crippen LogP contribution in [0.2, 0.25) is 0 Å². The van der Waals surface area contributed by atoms with Gasteiger partial charge in [-0.15, -0.1) is 0 Å². The first-order chi connectivity index (χ1) is 7.57. The topological polar surface area (TPSA) is 40.5 Å². The molecule has 0 bridgehead atoms. The van der Waals surface area contributed by atoms with Crippen LogP contribution in [0.5, 0.6) is 0 Å². The van der Waals surface area contributed by atoms with Gasteiger partial charge in [0.25, 0.3) is 0 Å². The van der Waals surface area contributed by atoms with Crippen molar-refractivity contribution < 1.29 is 9.90 Å². The second-order valence-electron chi connectivity index (χ2n) is 4.10. The summed E-state index contributed by atoms with van der Waals surface area (Å²) in [4.78, 5) is 14.0. The Morgan fingerprint density at radius 3 is 2.38 bits per heavy atom. The van der Waals surface area contributed by atoms with Crippen molar-refractivity contribution in [3.05, 3.63) is 35.9 Å². The van der Waals surface area contributed by atoms with Gasteiger partial charge in [-0.3, -0.25) is 9.69 Å². The molecule has 0 saturated heterocycles. The van der Waals surface area contributed by atoms with Gasteiger partial charge in [0.2, 0.25) is 0 Å². The van der Waals surface area contributed by atoms with Crippen molar-refractivity contribution in [2.45, 2.75) is 25.9 Å². The third-order valence-corrected chi connectivity index (χ3v) is 3.01. The van der Waals surface area contributed by atoms with Gasteiger partial charge < -0.3 is 5.11 Å². The maximum Gasteiger partial charge on any atom is 0.179 e. The van der Waals surface area contributed by atoms with Gasteiger partial charge >= 0.3 is 0 Å². The van der Waals surface area contributed by atoms with E-state index in [0.29, 0.717) is 5.56 Å². The number of aliphatic hydroxyl groups excluding tert-OH is 1. The van der Waals surface area contributed by atoms with Crippen LogP contribution in [0.4, 0.5) is 0 Å². The van der Waals surface area contributed by atoms with E-state index in [4.69, 9.17) is 5.11 Å². The van der Waals surface area contributed by atoms with Crippen molar-refractivity contribution >= 4 is 5.78 Å². The number of likely N-dealkylation sites (N-methyl/N-ethyl adjacent to an activating group) is 1. The van der Waals surface area contributed by atoms with Crippen LogP contribution in [0.3, 0.4) is 0 Å². The van der Waals surface area contributed by atoms with Crippen LogP contribution in [0, 0.1) is 0 Å². The summed E-state index contributed by atoms with van der Waals surface area (Å²) in [5, 5.41) is 9.05. The van der Waals surface area contributed by atoms with Gasteiger partial charge in [0.05, 0.1) is 12.6 Å². The molecule has 0 aliphatic rings. The summed E-state index contributed by atoms with van der Waals surface area (Å²) in [6, 6.07) is 9.01. The van der Waals surface area contributed by atoms with Gasteiger partial charge in [-0.25, -0.2) is 0 Å². The smallest absolute Gasteiger partial charge is 0.179 e. The minimum atomic E-state index is -0.218. The summed E-state index contributed by atoms with van der Waals surface area (Å²) in [7, 11) is 1.85. The van der Waals surface area contributed by atoms with Gasteiger partial charge in [0.1, 0.15) is 0 Å². The molecule has 0 spiro atoms. The monoisotopic (exact) mass is 221 g/mol. The highest BCUT2D eigenvalue weighted by Crippen LogP contribution is 2.09. The first-order valence-corrected chi connectivity index (χ1v) is 5.50. The number of carbonyl (C=O) groups is 1. The summed E-state index contributed by atoms with van der Waals surface area (Å²) in [6.07, 6.45) is 0. The van der Waals surface area contributed by atoms with Crippen LogP contribution >= 0.6 is 0 Å². The van der Waals surface area contributed by atoms with E-state index in [1.165, 1.54) is 0 Å². The van der Waals surface area contributed by atoms with Crippen molar-refractivity contribution in [2.75, 3.05) is 13.7 Å². The van der Waals surface area contributed by atoms with E-state index in [1.807, 2.05) is 56.1 Å². The molecule has 0 aliphatic carbocycles. The van der Waals surface area contributed by atoms with E-state index in [0.717, 1.165) is 0 Å². The van der Waals surface area contributed by atoms with Gasteiger partial charge in [-0.2, -0.15) is 0 Å². The average Bonchev–Trinajstić information content (AvgIpc) is 2.36. The number of ketones is 1. The molecule has 0 amide bonds. The minimum Gasteiger partial charge on any atom is -0.395 e. The summed E-state index contributed by atoms with van der Waals surface area (Å²) in [5.74, 6) is 0.0865. The molecule has 0 fully saturated rings. The summed E-state index contributed by atoms with van der Waals surface area (Å²) in [5.41, 5.74) is 0.715. The van der Waals surface area contributed by atoms with E-state index >= 15 is 0 Å². The molecule has 88 valence electrons. The lowest BCUT2D eigenvalue weighted by molar-refractivity contribution is 0.0763. The zero-order valence-corrected chi connectivity index (χ0v) is 10.1. The fourth-order valence-electron chi connectivity index (χ4n) is 1.54. The van der Waals surface area contributed by atoms with E-state index in [2.05, 4.69) is 0 Å². The molecule has 3 heteroatoms. The molecule has 0 aliphatic heterocycles. The number of carbonyl (C=O) groups excluding carboxylic acids is 1. The number of aliphatic hydroxyl groups is 1. The Bertz CT molecular complexity index is 337. The highest BCUT2D eigenvalue weighted by Gasteiger charge is 2.22. The molecule has 0 aromatic heterocycles. The van der Waals surface area contributed by atoms with Crippen molar-refractivity contribution in [3.63, 3.8) is 0 Å². The Labute approximate surface area is 96.7 Å². The lowest BCUT2D eigenvalue weighted by Gasteiger charge is -2.28. The highest BCUT2D eigenvalue weighted by molar-refractivity contribution is 5.99. The molecule has 1 N–H and O–H groups in total. The van der Waals surface area contributed by atoms with Crippen LogP contribution in [0.1, 0.15) is 24.2 Å². The largest absolute Gasteiger partial charge is 0.395 e. The van der Waals surface area contributed by atoms with Crippen LogP contribution < -0.4 is 0 Å². The zero-order chi connectivity index (χ0) is 12.1. The molecule has 1 rings (SSSR count). The molecule has 1 aromatic carbocycles. The fourth-order valence-corrected chi connectivity index (χ4v) is 1.54. The Hall–Kier alpha value is -1.19. The van der Waals surface area contributed by atoms with Crippen molar-refractivity contribution in [1.29, 1.82) is 0 Å². The van der Waals surface area contributed by atoms with Gasteiger partial charge in [0.15, 0.2) is 5.78 Å². The molecule has 16 heavy (non-hydrogen) atoms. The SMILES string of the molecule is CC(CO)N(C)C(C)C(=O)c1ccccc1. The number of benzene rings is 1. The molecule has 2 atom stereocenters. The third-order valence-electron chi connectivity index (χ3n) is 3.01. The number of rotatable bonds is 5. The van der Waals surface area contributed by atoms with Gasteiger partial charge in [-0.05, 0) is 20.9 Å². The van der Waals surface area contributed by atoms with Crippen molar-refractivity contribution in [3.8, 4) is 0 Å². The number of hydrogen-bond donors (Lipinski definition) is 1. The van der Waals surface area contributed by atoms with Crippen molar-refractivity contribution in [2.24, 2.45) is 0 Å². The Morgan fingerprint density at radius 2 is 1.88 bits per heavy atom. The van der Waals surface area contributed by atoms with Gasteiger partial charge in [0, 0.05) is 11.6 Å². The zero-order valence-electron chi connectivity index (χ0n) is 10.1. The minimum absolute atomic E-state index is 0.0114. The van der Waals surface area contributed by atoms with Crippen LogP contribution in [-0.4, -0.2) is 41.5 Å². The molecular weight excluding hydrogens is 202 g/mol. The second-order valence-corrected chi connectivity index (χ2v) is 4.10. The van der Waals surface area contributed by atoms with Crippen LogP contribution in [0.15, 0.2) is 30.3 Å². The maximum absolute atomic E-state index is 12.1. The van der Waals surface area contributed by atoms with Crippen molar-refractivity contribution in [1.82, 2.24) is 4.90 Å². The highest BCUT2D eigenvalue weighted by atomic mass is 16.3. The summed E-state index contributed by atoms with van der Waals surface area (Å²) < 4.78 is 0.